The predicted octanol–water partition coefficient (Wildman–Crippen LogP) is 5.84. The molecule has 2 bridgehead atoms. The summed E-state index contributed by atoms with van der Waals surface area (Å²) in [4.78, 5) is 31.4. The SMILES string of the molecule is O=C(O)N([C@@H](c1ccccc1)c1cccc(OCc2cccc(CCNC[C@H](O)c3ccc(O)c4[nH]c(=O)ccc34)c2)c1)[C@H]1CN2CCC1CC2. The lowest BCUT2D eigenvalue weighted by molar-refractivity contribution is -0.000812. The summed E-state index contributed by atoms with van der Waals surface area (Å²) >= 11 is 0. The van der Waals surface area contributed by atoms with Crippen molar-refractivity contribution >= 4 is 17.0 Å². The number of nitrogens with zero attached hydrogens (tertiary/aromatic N) is 2. The lowest BCUT2D eigenvalue weighted by Crippen LogP contribution is -2.59. The number of aliphatic hydroxyl groups excluding tert-OH is 1. The molecule has 1 aromatic heterocycles. The van der Waals surface area contributed by atoms with Crippen molar-refractivity contribution < 1.29 is 24.9 Å². The largest absolute Gasteiger partial charge is 0.506 e. The molecule has 51 heavy (non-hydrogen) atoms. The molecule has 3 aliphatic heterocycles. The minimum Gasteiger partial charge on any atom is -0.506 e. The van der Waals surface area contributed by atoms with Crippen molar-refractivity contribution in [2.75, 3.05) is 32.7 Å². The van der Waals surface area contributed by atoms with Gasteiger partial charge in [0, 0.05) is 24.5 Å². The number of rotatable bonds is 13. The Hall–Kier alpha value is -5.16. The lowest BCUT2D eigenvalue weighted by Gasteiger charge is -2.50. The number of phenolic OH excluding ortho intramolecular Hbond substituents is 1. The van der Waals surface area contributed by atoms with Gasteiger partial charge < -0.3 is 35.3 Å². The van der Waals surface area contributed by atoms with Gasteiger partial charge in [0.2, 0.25) is 5.56 Å². The standard InChI is InChI=1S/C41H44N4O6/c46-36-14-12-33(34-13-15-38(48)43-39(34)36)37(47)24-42-19-16-27-6-4-7-28(22-27)26-51-32-11-5-10-31(23-32)40(30-8-2-1-3-9-30)45(41(49)50)35-25-44-20-17-29(35)18-21-44/h1-15,22-23,29,35,37,40,42,46-47H,16-21,24-26H2,(H,43,48)(H,49,50)/t35-,37-,40-/m0/s1. The quantitative estimate of drug-likeness (QED) is 0.0974. The van der Waals surface area contributed by atoms with Crippen LogP contribution in [0.2, 0.25) is 0 Å². The monoisotopic (exact) mass is 688 g/mol. The molecule has 0 saturated carbocycles. The fraction of sp³-hybridized carbons (Fsp3) is 0.317. The average Bonchev–Trinajstić information content (AvgIpc) is 3.16. The topological polar surface area (TPSA) is 138 Å². The van der Waals surface area contributed by atoms with E-state index in [1.54, 1.807) is 17.0 Å². The van der Waals surface area contributed by atoms with Gasteiger partial charge in [0.05, 0.1) is 23.7 Å². The van der Waals surface area contributed by atoms with Crippen LogP contribution in [0.5, 0.6) is 11.5 Å². The van der Waals surface area contributed by atoms with E-state index in [9.17, 15) is 24.9 Å². The molecule has 5 aromatic rings. The maximum Gasteiger partial charge on any atom is 0.408 e. The van der Waals surface area contributed by atoms with Gasteiger partial charge in [0.1, 0.15) is 18.1 Å². The van der Waals surface area contributed by atoms with E-state index in [0.29, 0.717) is 47.8 Å². The Morgan fingerprint density at radius 3 is 2.45 bits per heavy atom. The third-order valence-corrected chi connectivity index (χ3v) is 10.4. The van der Waals surface area contributed by atoms with Crippen molar-refractivity contribution in [3.63, 3.8) is 0 Å². The Bertz CT molecular complexity index is 2030. The number of nitrogens with one attached hydrogen (secondary N) is 2. The van der Waals surface area contributed by atoms with Gasteiger partial charge >= 0.3 is 6.09 Å². The Morgan fingerprint density at radius 1 is 0.922 bits per heavy atom. The number of hydrogen-bond acceptors (Lipinski definition) is 7. The van der Waals surface area contributed by atoms with Gasteiger partial charge in [-0.25, -0.2) is 4.79 Å². The van der Waals surface area contributed by atoms with Crippen molar-refractivity contribution in [3.8, 4) is 11.5 Å². The summed E-state index contributed by atoms with van der Waals surface area (Å²) in [6, 6.07) is 31.5. The Kier molecular flexibility index (Phi) is 10.3. The van der Waals surface area contributed by atoms with Gasteiger partial charge in [-0.15, -0.1) is 0 Å². The number of benzene rings is 4. The molecule has 0 radical (unpaired) electrons. The van der Waals surface area contributed by atoms with Crippen molar-refractivity contribution in [3.05, 3.63) is 141 Å². The number of aliphatic hydroxyl groups is 1. The van der Waals surface area contributed by atoms with Gasteiger partial charge in [-0.3, -0.25) is 9.69 Å². The zero-order valence-corrected chi connectivity index (χ0v) is 28.4. The summed E-state index contributed by atoms with van der Waals surface area (Å²) in [5.41, 5.74) is 4.58. The number of phenols is 1. The highest BCUT2D eigenvalue weighted by molar-refractivity contribution is 5.87. The molecule has 1 amide bonds. The van der Waals surface area contributed by atoms with Crippen LogP contribution in [0.25, 0.3) is 10.9 Å². The molecule has 264 valence electrons. The molecule has 10 nitrogen and oxygen atoms in total. The number of pyridine rings is 1. The van der Waals surface area contributed by atoms with E-state index >= 15 is 0 Å². The van der Waals surface area contributed by atoms with E-state index in [4.69, 9.17) is 4.74 Å². The second-order valence-corrected chi connectivity index (χ2v) is 13.6. The van der Waals surface area contributed by atoms with Gasteiger partial charge in [0.25, 0.3) is 0 Å². The number of aromatic hydroxyl groups is 1. The molecule has 4 aromatic carbocycles. The number of carboxylic acid groups (broad SMARTS) is 1. The van der Waals surface area contributed by atoms with Crippen LogP contribution in [0.3, 0.4) is 0 Å². The molecule has 5 N–H and O–H groups in total. The number of H-pyrrole nitrogens is 1. The second-order valence-electron chi connectivity index (χ2n) is 13.6. The van der Waals surface area contributed by atoms with Crippen molar-refractivity contribution in [1.29, 1.82) is 0 Å². The Balaban J connectivity index is 0.992. The number of aromatic nitrogens is 1. The first-order valence-corrected chi connectivity index (χ1v) is 17.7. The van der Waals surface area contributed by atoms with Crippen LogP contribution in [0.1, 0.15) is 52.8 Å². The minimum atomic E-state index is -0.902. The zero-order valence-electron chi connectivity index (χ0n) is 28.4. The van der Waals surface area contributed by atoms with E-state index in [-0.39, 0.29) is 17.4 Å². The molecule has 8 rings (SSSR count). The van der Waals surface area contributed by atoms with Crippen LogP contribution in [-0.2, 0) is 13.0 Å². The van der Waals surface area contributed by atoms with E-state index in [0.717, 1.165) is 61.2 Å². The molecule has 3 atom stereocenters. The highest BCUT2D eigenvalue weighted by Gasteiger charge is 2.43. The highest BCUT2D eigenvalue weighted by atomic mass is 16.5. The normalized spacial score (nSPS) is 19.4. The van der Waals surface area contributed by atoms with E-state index in [2.05, 4.69) is 27.3 Å². The first kappa shape index (κ1) is 34.3. The maximum absolute atomic E-state index is 13.0. The summed E-state index contributed by atoms with van der Waals surface area (Å²) in [5.74, 6) is 1.00. The first-order chi connectivity index (χ1) is 24.8. The molecular weight excluding hydrogens is 644 g/mol. The smallest absolute Gasteiger partial charge is 0.408 e. The van der Waals surface area contributed by atoms with Crippen LogP contribution in [0.15, 0.2) is 108 Å². The minimum absolute atomic E-state index is 0.0379. The Labute approximate surface area is 296 Å². The number of carbonyl (C=O) groups is 1. The summed E-state index contributed by atoms with van der Waals surface area (Å²) in [7, 11) is 0. The number of piperidine rings is 3. The second kappa shape index (κ2) is 15.4. The summed E-state index contributed by atoms with van der Waals surface area (Å²) in [6.45, 7) is 4.15. The molecule has 3 aliphatic rings. The van der Waals surface area contributed by atoms with Gasteiger partial charge in [-0.2, -0.15) is 0 Å². The molecule has 3 saturated heterocycles. The van der Waals surface area contributed by atoms with Crippen molar-refractivity contribution in [1.82, 2.24) is 20.1 Å². The molecule has 10 heteroatoms. The molecule has 0 aliphatic carbocycles. The maximum atomic E-state index is 13.0. The fourth-order valence-corrected chi connectivity index (χ4v) is 7.79. The van der Waals surface area contributed by atoms with Crippen LogP contribution in [-0.4, -0.2) is 75.0 Å². The van der Waals surface area contributed by atoms with Gasteiger partial charge in [-0.05, 0) is 96.9 Å². The molecule has 0 spiro atoms. The number of aromatic amines is 1. The number of fused-ring (bicyclic) bond motifs is 4. The molecule has 0 unspecified atom stereocenters. The van der Waals surface area contributed by atoms with E-state index < -0.39 is 18.2 Å². The third kappa shape index (κ3) is 7.78. The average molecular weight is 689 g/mol. The molecular formula is C41H44N4O6. The van der Waals surface area contributed by atoms with Crippen LogP contribution < -0.4 is 15.6 Å². The zero-order chi connectivity index (χ0) is 35.3. The highest BCUT2D eigenvalue weighted by Crippen LogP contribution is 2.39. The van der Waals surface area contributed by atoms with E-state index in [1.165, 1.54) is 12.1 Å². The van der Waals surface area contributed by atoms with Crippen molar-refractivity contribution in [2.45, 2.75) is 44.1 Å². The summed E-state index contributed by atoms with van der Waals surface area (Å²) < 4.78 is 6.30. The number of hydrogen-bond donors (Lipinski definition) is 5. The fourth-order valence-electron chi connectivity index (χ4n) is 7.79. The molecule has 3 fully saturated rings. The number of amides is 1. The number of ether oxygens (including phenoxy) is 1. The predicted molar refractivity (Wildman–Crippen MR) is 196 cm³/mol. The lowest BCUT2D eigenvalue weighted by atomic mass is 9.81. The van der Waals surface area contributed by atoms with Crippen molar-refractivity contribution in [2.24, 2.45) is 5.92 Å². The summed E-state index contributed by atoms with van der Waals surface area (Å²) in [6.07, 6.45) is 1.06. The third-order valence-electron chi connectivity index (χ3n) is 10.4. The summed E-state index contributed by atoms with van der Waals surface area (Å²) in [5, 5.41) is 35.6. The first-order valence-electron chi connectivity index (χ1n) is 17.7. The van der Waals surface area contributed by atoms with Gasteiger partial charge in [-0.1, -0.05) is 72.8 Å². The van der Waals surface area contributed by atoms with Crippen LogP contribution >= 0.6 is 0 Å². The van der Waals surface area contributed by atoms with E-state index in [1.807, 2.05) is 66.7 Å². The van der Waals surface area contributed by atoms with Crippen LogP contribution in [0.4, 0.5) is 4.79 Å². The van der Waals surface area contributed by atoms with Crippen LogP contribution in [0, 0.1) is 5.92 Å². The molecule has 4 heterocycles. The Morgan fingerprint density at radius 2 is 1.69 bits per heavy atom. The van der Waals surface area contributed by atoms with Gasteiger partial charge in [0.15, 0.2) is 0 Å².